The lowest BCUT2D eigenvalue weighted by Crippen LogP contribution is -2.29. The predicted octanol–water partition coefficient (Wildman–Crippen LogP) is 4.39. The van der Waals surface area contributed by atoms with Crippen LogP contribution in [0.15, 0.2) is 65.6 Å². The van der Waals surface area contributed by atoms with E-state index >= 15 is 0 Å². The Labute approximate surface area is 187 Å². The van der Waals surface area contributed by atoms with Crippen LogP contribution in [0.2, 0.25) is 0 Å². The minimum Gasteiger partial charge on any atom is -0.507 e. The van der Waals surface area contributed by atoms with Crippen molar-refractivity contribution in [3.05, 3.63) is 87.1 Å². The number of hydrogen-bond donors (Lipinski definition) is 2. The molecule has 4 rings (SSSR count). The number of Topliss-reactive ketones (excluding diaryl/α,β-unsaturated/α-hetero) is 1. The van der Waals surface area contributed by atoms with Gasteiger partial charge in [-0.1, -0.05) is 18.2 Å². The van der Waals surface area contributed by atoms with E-state index in [2.05, 4.69) is 0 Å². The molecule has 0 spiro atoms. The number of nitrogens with zero attached hydrogens (tertiary/aromatic N) is 1. The van der Waals surface area contributed by atoms with Gasteiger partial charge in [-0.2, -0.15) is 0 Å². The zero-order valence-electron chi connectivity index (χ0n) is 17.2. The van der Waals surface area contributed by atoms with Gasteiger partial charge in [-0.3, -0.25) is 14.5 Å². The number of anilines is 1. The van der Waals surface area contributed by atoms with Crippen LogP contribution in [0.4, 0.5) is 5.69 Å². The molecular weight excluding hydrogens is 430 g/mol. The quantitative estimate of drug-likeness (QED) is 0.340. The van der Waals surface area contributed by atoms with E-state index in [9.17, 15) is 24.6 Å². The third-order valence-electron chi connectivity index (χ3n) is 5.33. The molecule has 1 unspecified atom stereocenters. The molecule has 2 aromatic carbocycles. The zero-order valence-corrected chi connectivity index (χ0v) is 18.1. The number of thiophene rings is 1. The van der Waals surface area contributed by atoms with Crippen LogP contribution in [0.1, 0.15) is 32.4 Å². The summed E-state index contributed by atoms with van der Waals surface area (Å²) in [6.07, 6.45) is 0. The number of rotatable bonds is 5. The van der Waals surface area contributed by atoms with Gasteiger partial charge in [0.05, 0.1) is 23.8 Å². The van der Waals surface area contributed by atoms with Crippen LogP contribution in [0.5, 0.6) is 5.75 Å². The summed E-state index contributed by atoms with van der Waals surface area (Å²) in [7, 11) is 1.45. The van der Waals surface area contributed by atoms with E-state index in [1.807, 2.05) is 18.4 Å². The highest BCUT2D eigenvalue weighted by atomic mass is 32.1. The maximum atomic E-state index is 13.2. The summed E-state index contributed by atoms with van der Waals surface area (Å²) in [5, 5.41) is 22.4. The number of benzene rings is 2. The number of aryl methyl sites for hydroxylation is 1. The Morgan fingerprint density at radius 2 is 1.81 bits per heavy atom. The lowest BCUT2D eigenvalue weighted by atomic mass is 9.97. The van der Waals surface area contributed by atoms with Crippen LogP contribution in [-0.2, 0) is 9.59 Å². The minimum atomic E-state index is -1.15. The normalized spacial score (nSPS) is 17.6. The minimum absolute atomic E-state index is 0.0178. The summed E-state index contributed by atoms with van der Waals surface area (Å²) >= 11 is 1.35. The molecule has 0 saturated carbocycles. The summed E-state index contributed by atoms with van der Waals surface area (Å²) in [4.78, 5) is 39.8. The zero-order chi connectivity index (χ0) is 23.0. The van der Waals surface area contributed by atoms with Gasteiger partial charge in [0.25, 0.3) is 11.7 Å². The van der Waals surface area contributed by atoms with Gasteiger partial charge < -0.3 is 14.9 Å². The number of carbonyl (C=O) groups excluding carboxylic acids is 2. The molecule has 1 saturated heterocycles. The lowest BCUT2D eigenvalue weighted by Gasteiger charge is -2.25. The number of carbonyl (C=O) groups is 3. The second-order valence-electron chi connectivity index (χ2n) is 7.19. The van der Waals surface area contributed by atoms with Crippen molar-refractivity contribution in [2.24, 2.45) is 0 Å². The number of ether oxygens (including phenoxy) is 1. The van der Waals surface area contributed by atoms with E-state index in [1.54, 1.807) is 30.3 Å². The van der Waals surface area contributed by atoms with Crippen molar-refractivity contribution >= 4 is 40.4 Å². The first-order chi connectivity index (χ1) is 15.3. The molecule has 1 aliphatic heterocycles. The maximum absolute atomic E-state index is 13.2. The molecule has 0 radical (unpaired) electrons. The first-order valence-electron chi connectivity index (χ1n) is 9.67. The van der Waals surface area contributed by atoms with Crippen LogP contribution >= 0.6 is 11.3 Å². The highest BCUT2D eigenvalue weighted by Crippen LogP contribution is 2.45. The van der Waals surface area contributed by atoms with Crippen LogP contribution < -0.4 is 9.64 Å². The van der Waals surface area contributed by atoms with E-state index < -0.39 is 23.7 Å². The van der Waals surface area contributed by atoms with Gasteiger partial charge in [0, 0.05) is 10.6 Å². The van der Waals surface area contributed by atoms with E-state index in [-0.39, 0.29) is 28.1 Å². The van der Waals surface area contributed by atoms with Crippen molar-refractivity contribution < 1.29 is 29.3 Å². The molecule has 162 valence electrons. The highest BCUT2D eigenvalue weighted by Gasteiger charge is 2.48. The van der Waals surface area contributed by atoms with Crippen molar-refractivity contribution in [2.45, 2.75) is 13.0 Å². The fraction of sp³-hybridized carbons (Fsp3) is 0.125. The predicted molar refractivity (Wildman–Crippen MR) is 120 cm³/mol. The first-order valence-corrected chi connectivity index (χ1v) is 10.5. The van der Waals surface area contributed by atoms with Gasteiger partial charge >= 0.3 is 5.97 Å². The van der Waals surface area contributed by atoms with E-state index in [0.29, 0.717) is 10.6 Å². The number of aromatic carboxylic acids is 1. The van der Waals surface area contributed by atoms with E-state index in [4.69, 9.17) is 4.74 Å². The maximum Gasteiger partial charge on any atom is 0.335 e. The Morgan fingerprint density at radius 1 is 1.06 bits per heavy atom. The largest absolute Gasteiger partial charge is 0.507 e. The fourth-order valence-corrected chi connectivity index (χ4v) is 4.81. The number of carboxylic acid groups (broad SMARTS) is 1. The summed E-state index contributed by atoms with van der Waals surface area (Å²) in [5.74, 6) is -2.85. The number of ketones is 1. The van der Waals surface area contributed by atoms with Gasteiger partial charge in [-0.05, 0) is 54.3 Å². The Morgan fingerprint density at radius 3 is 2.47 bits per heavy atom. The van der Waals surface area contributed by atoms with Crippen LogP contribution in [-0.4, -0.2) is 35.0 Å². The topological polar surface area (TPSA) is 104 Å². The average molecular weight is 449 g/mol. The average Bonchev–Trinajstić information content (AvgIpc) is 3.33. The van der Waals surface area contributed by atoms with Crippen molar-refractivity contribution in [1.82, 2.24) is 0 Å². The van der Waals surface area contributed by atoms with Crippen LogP contribution in [0.3, 0.4) is 0 Å². The molecule has 1 amide bonds. The number of methoxy groups -OCH3 is 1. The number of hydrogen-bond acceptors (Lipinski definition) is 6. The molecule has 32 heavy (non-hydrogen) atoms. The second-order valence-corrected chi connectivity index (χ2v) is 8.14. The molecule has 2 heterocycles. The Kier molecular flexibility index (Phi) is 5.54. The molecule has 3 aromatic rings. The lowest BCUT2D eigenvalue weighted by molar-refractivity contribution is -0.132. The standard InChI is InChI=1S/C24H19NO6S/c1-13-10-11-32-22(13)19-18(20(26)16-8-3-4-9-17(16)31-2)21(27)23(28)25(19)15-7-5-6-14(12-15)24(29)30/h3-12,19,26H,1-2H3,(H,29,30)/b20-18+. The molecule has 0 aliphatic carbocycles. The van der Waals surface area contributed by atoms with Crippen molar-refractivity contribution in [2.75, 3.05) is 12.0 Å². The molecule has 2 N–H and O–H groups in total. The second kappa shape index (κ2) is 8.32. The molecule has 1 atom stereocenters. The van der Waals surface area contributed by atoms with Crippen molar-refractivity contribution in [1.29, 1.82) is 0 Å². The van der Waals surface area contributed by atoms with Gasteiger partial charge in [-0.15, -0.1) is 11.3 Å². The molecule has 1 aliphatic rings. The summed E-state index contributed by atoms with van der Waals surface area (Å²) in [6, 6.07) is 13.4. The number of aliphatic hydroxyl groups is 1. The molecule has 1 aromatic heterocycles. The van der Waals surface area contributed by atoms with Crippen molar-refractivity contribution in [3.63, 3.8) is 0 Å². The smallest absolute Gasteiger partial charge is 0.335 e. The third-order valence-corrected chi connectivity index (χ3v) is 6.40. The molecule has 7 nitrogen and oxygen atoms in total. The Hall–Kier alpha value is -3.91. The van der Waals surface area contributed by atoms with Gasteiger partial charge in [0.15, 0.2) is 0 Å². The van der Waals surface area contributed by atoms with Crippen LogP contribution in [0.25, 0.3) is 5.76 Å². The van der Waals surface area contributed by atoms with Gasteiger partial charge in [0.2, 0.25) is 0 Å². The number of aliphatic hydroxyl groups excluding tert-OH is 1. The fourth-order valence-electron chi connectivity index (χ4n) is 3.79. The Balaban J connectivity index is 1.98. The van der Waals surface area contributed by atoms with Crippen LogP contribution in [0, 0.1) is 6.92 Å². The summed E-state index contributed by atoms with van der Waals surface area (Å²) < 4.78 is 5.32. The van der Waals surface area contributed by atoms with E-state index in [0.717, 1.165) is 5.56 Å². The number of carboxylic acids is 1. The summed E-state index contributed by atoms with van der Waals surface area (Å²) in [6.45, 7) is 1.85. The van der Waals surface area contributed by atoms with Gasteiger partial charge in [0.1, 0.15) is 17.6 Å². The molecule has 8 heteroatoms. The SMILES string of the molecule is COc1ccccc1/C(O)=C1\C(=O)C(=O)N(c2cccc(C(=O)O)c2)C1c1sccc1C. The third kappa shape index (κ3) is 3.44. The molecular formula is C24H19NO6S. The molecule has 1 fully saturated rings. The monoisotopic (exact) mass is 449 g/mol. The number of para-hydroxylation sites is 1. The van der Waals surface area contributed by atoms with Crippen molar-refractivity contribution in [3.8, 4) is 5.75 Å². The number of amides is 1. The highest BCUT2D eigenvalue weighted by molar-refractivity contribution is 7.10. The molecule has 0 bridgehead atoms. The Bertz CT molecular complexity index is 1270. The first kappa shape index (κ1) is 21.3. The van der Waals surface area contributed by atoms with E-state index in [1.165, 1.54) is 41.5 Å². The summed E-state index contributed by atoms with van der Waals surface area (Å²) in [5.41, 5.74) is 1.28. The van der Waals surface area contributed by atoms with Gasteiger partial charge in [-0.25, -0.2) is 4.79 Å².